The molecule has 1 aliphatic heterocycles. The van der Waals surface area contributed by atoms with Gasteiger partial charge >= 0.3 is 0 Å². The highest BCUT2D eigenvalue weighted by molar-refractivity contribution is 5.94. The van der Waals surface area contributed by atoms with Crippen LogP contribution in [0.3, 0.4) is 0 Å². The zero-order chi connectivity index (χ0) is 24.1. The van der Waals surface area contributed by atoms with Crippen LogP contribution in [-0.2, 0) is 17.9 Å². The van der Waals surface area contributed by atoms with Crippen LogP contribution in [0.2, 0.25) is 0 Å². The molecule has 1 atom stereocenters. The molecule has 34 heavy (non-hydrogen) atoms. The van der Waals surface area contributed by atoms with E-state index in [1.54, 1.807) is 0 Å². The third-order valence-corrected chi connectivity index (χ3v) is 7.30. The van der Waals surface area contributed by atoms with Crippen LogP contribution < -0.4 is 15.0 Å². The van der Waals surface area contributed by atoms with Gasteiger partial charge in [0, 0.05) is 50.9 Å². The Hall–Kier alpha value is -2.41. The second-order valence-electron chi connectivity index (χ2n) is 10.00. The average Bonchev–Trinajstić information content (AvgIpc) is 2.85. The summed E-state index contributed by atoms with van der Waals surface area (Å²) in [7, 11) is 1.90. The fourth-order valence-corrected chi connectivity index (χ4v) is 5.20. The highest BCUT2D eigenvalue weighted by atomic mass is 16.5. The van der Waals surface area contributed by atoms with E-state index in [9.17, 15) is 9.90 Å². The number of aliphatic hydroxyl groups excluding tert-OH is 1. The molecular weight excluding hydrogens is 426 g/mol. The number of nitrogens with zero attached hydrogens (tertiary/aromatic N) is 2. The Morgan fingerprint density at radius 1 is 1.18 bits per heavy atom. The van der Waals surface area contributed by atoms with Gasteiger partial charge in [0.25, 0.3) is 0 Å². The van der Waals surface area contributed by atoms with E-state index in [1.807, 2.05) is 36.2 Å². The number of rotatable bonds is 7. The Bertz CT molecular complexity index is 971. The molecule has 1 heterocycles. The van der Waals surface area contributed by atoms with Crippen molar-refractivity contribution in [2.75, 3.05) is 31.6 Å². The lowest BCUT2D eigenvalue weighted by atomic mass is 9.86. The fraction of sp³-hybridized carbons (Fsp3) is 0.536. The van der Waals surface area contributed by atoms with Crippen LogP contribution >= 0.6 is 0 Å². The number of carbonyl (C=O) groups excluding carboxylic acids is 1. The van der Waals surface area contributed by atoms with Crippen LogP contribution in [0.4, 0.5) is 5.69 Å². The monoisotopic (exact) mass is 465 g/mol. The highest BCUT2D eigenvalue weighted by Crippen LogP contribution is 2.31. The Balaban J connectivity index is 1.30. The molecule has 1 saturated carbocycles. The number of hydrogen-bond donors (Lipinski definition) is 2. The molecule has 6 nitrogen and oxygen atoms in total. The third-order valence-electron chi connectivity index (χ3n) is 7.30. The number of anilines is 1. The highest BCUT2D eigenvalue weighted by Gasteiger charge is 2.30. The molecule has 0 spiro atoms. The number of hydrogen-bond acceptors (Lipinski definition) is 5. The lowest BCUT2D eigenvalue weighted by Gasteiger charge is -2.32. The van der Waals surface area contributed by atoms with Gasteiger partial charge in [-0.05, 0) is 80.5 Å². The normalized spacial score (nSPS) is 23.5. The van der Waals surface area contributed by atoms with Crippen LogP contribution in [-0.4, -0.2) is 54.7 Å². The third kappa shape index (κ3) is 6.17. The van der Waals surface area contributed by atoms with Crippen molar-refractivity contribution in [2.45, 2.75) is 64.8 Å². The van der Waals surface area contributed by atoms with Gasteiger partial charge in [-0.1, -0.05) is 18.2 Å². The van der Waals surface area contributed by atoms with Crippen molar-refractivity contribution in [1.29, 1.82) is 0 Å². The van der Waals surface area contributed by atoms with Crippen LogP contribution in [0.15, 0.2) is 42.5 Å². The van der Waals surface area contributed by atoms with Gasteiger partial charge in [0.2, 0.25) is 5.91 Å². The molecule has 4 rings (SSSR count). The maximum atomic E-state index is 13.2. The van der Waals surface area contributed by atoms with E-state index in [0.29, 0.717) is 6.04 Å². The number of aryl methyl sites for hydroxylation is 1. The summed E-state index contributed by atoms with van der Waals surface area (Å²) in [6, 6.07) is 14.6. The van der Waals surface area contributed by atoms with Gasteiger partial charge in [-0.2, -0.15) is 0 Å². The first-order valence-corrected chi connectivity index (χ1v) is 12.6. The molecular formula is C28H39N3O3. The molecule has 2 fully saturated rings. The van der Waals surface area contributed by atoms with E-state index < -0.39 is 0 Å². The summed E-state index contributed by atoms with van der Waals surface area (Å²) in [6.07, 6.45) is 3.54. The molecule has 2 aliphatic rings. The van der Waals surface area contributed by atoms with E-state index in [-0.39, 0.29) is 24.5 Å². The van der Waals surface area contributed by atoms with Gasteiger partial charge in [-0.3, -0.25) is 9.69 Å². The lowest BCUT2D eigenvalue weighted by molar-refractivity contribution is -0.123. The summed E-state index contributed by atoms with van der Waals surface area (Å²) in [5.74, 6) is 1.03. The minimum atomic E-state index is 0.0141. The van der Waals surface area contributed by atoms with Crippen molar-refractivity contribution in [3.05, 3.63) is 59.2 Å². The van der Waals surface area contributed by atoms with Gasteiger partial charge in [-0.15, -0.1) is 0 Å². The topological polar surface area (TPSA) is 65.0 Å². The van der Waals surface area contributed by atoms with Gasteiger partial charge in [-0.25, -0.2) is 0 Å². The molecule has 2 N–H and O–H groups in total. The van der Waals surface area contributed by atoms with Crippen molar-refractivity contribution < 1.29 is 14.6 Å². The van der Waals surface area contributed by atoms with E-state index in [2.05, 4.69) is 42.3 Å². The van der Waals surface area contributed by atoms with Crippen LogP contribution in [0.5, 0.6) is 5.75 Å². The van der Waals surface area contributed by atoms with Gasteiger partial charge in [0.05, 0.1) is 12.7 Å². The van der Waals surface area contributed by atoms with Gasteiger partial charge < -0.3 is 20.1 Å². The molecule has 1 aliphatic carbocycles. The quantitative estimate of drug-likeness (QED) is 0.650. The number of piperazine rings is 1. The standard InChI is InChI=1S/C28H39N3O3/c1-20-15-25(10-7-24(20)18-31-14-13-29-21(2)17-31)30(3)28(33)23-8-11-26(12-9-23)34-27-6-4-5-22(16-27)19-32/h4-7,10,15-16,21,23,26,29,32H,8-9,11-14,17-19H2,1-3H3/t21-,23-,26-/m0/s1. The number of ether oxygens (including phenoxy) is 1. The number of nitrogens with one attached hydrogen (secondary N) is 1. The summed E-state index contributed by atoms with van der Waals surface area (Å²) in [6.45, 7) is 8.54. The Kier molecular flexibility index (Phi) is 8.24. The summed E-state index contributed by atoms with van der Waals surface area (Å²) in [5.41, 5.74) is 4.40. The zero-order valence-corrected chi connectivity index (χ0v) is 20.8. The molecule has 0 aromatic heterocycles. The SMILES string of the molecule is Cc1cc(N(C)C(=O)[C@H]2CC[C@H](Oc3cccc(CO)c3)CC2)ccc1CN1CCN[C@@H](C)C1. The zero-order valence-electron chi connectivity index (χ0n) is 20.8. The van der Waals surface area contributed by atoms with Crippen molar-refractivity contribution >= 4 is 11.6 Å². The van der Waals surface area contributed by atoms with Crippen molar-refractivity contribution in [3.8, 4) is 5.75 Å². The molecule has 1 amide bonds. The number of carbonyl (C=O) groups is 1. The fourth-order valence-electron chi connectivity index (χ4n) is 5.20. The minimum absolute atomic E-state index is 0.0141. The summed E-state index contributed by atoms with van der Waals surface area (Å²) < 4.78 is 6.12. The Labute approximate surface area is 203 Å². The predicted molar refractivity (Wildman–Crippen MR) is 136 cm³/mol. The lowest BCUT2D eigenvalue weighted by Crippen LogP contribution is -2.48. The van der Waals surface area contributed by atoms with Crippen molar-refractivity contribution in [2.24, 2.45) is 5.92 Å². The molecule has 184 valence electrons. The summed E-state index contributed by atoms with van der Waals surface area (Å²) in [5, 5.41) is 12.8. The average molecular weight is 466 g/mol. The number of benzene rings is 2. The molecule has 6 heteroatoms. The molecule has 0 radical (unpaired) electrons. The first-order chi connectivity index (χ1) is 16.4. The molecule has 0 bridgehead atoms. The largest absolute Gasteiger partial charge is 0.490 e. The summed E-state index contributed by atoms with van der Waals surface area (Å²) >= 11 is 0. The van der Waals surface area contributed by atoms with E-state index in [4.69, 9.17) is 4.74 Å². The molecule has 0 unspecified atom stereocenters. The Morgan fingerprint density at radius 3 is 2.68 bits per heavy atom. The molecule has 1 saturated heterocycles. The Morgan fingerprint density at radius 2 is 1.97 bits per heavy atom. The van der Waals surface area contributed by atoms with E-state index in [0.717, 1.165) is 68.9 Å². The van der Waals surface area contributed by atoms with Crippen LogP contribution in [0.1, 0.15) is 49.3 Å². The first-order valence-electron chi connectivity index (χ1n) is 12.6. The predicted octanol–water partition coefficient (Wildman–Crippen LogP) is 3.88. The van der Waals surface area contributed by atoms with E-state index in [1.165, 1.54) is 11.1 Å². The van der Waals surface area contributed by atoms with Gasteiger partial charge in [0.15, 0.2) is 0 Å². The second kappa shape index (κ2) is 11.3. The van der Waals surface area contributed by atoms with Crippen molar-refractivity contribution in [1.82, 2.24) is 10.2 Å². The first kappa shape index (κ1) is 24.7. The molecule has 2 aromatic rings. The summed E-state index contributed by atoms with van der Waals surface area (Å²) in [4.78, 5) is 17.6. The van der Waals surface area contributed by atoms with Crippen LogP contribution in [0.25, 0.3) is 0 Å². The number of aliphatic hydroxyl groups is 1. The maximum absolute atomic E-state index is 13.2. The second-order valence-corrected chi connectivity index (χ2v) is 10.00. The maximum Gasteiger partial charge on any atom is 0.229 e. The molecule has 2 aromatic carbocycles. The van der Waals surface area contributed by atoms with Crippen LogP contribution in [0, 0.1) is 12.8 Å². The van der Waals surface area contributed by atoms with Crippen molar-refractivity contribution in [3.63, 3.8) is 0 Å². The smallest absolute Gasteiger partial charge is 0.229 e. The van der Waals surface area contributed by atoms with Gasteiger partial charge in [0.1, 0.15) is 5.75 Å². The number of amides is 1. The van der Waals surface area contributed by atoms with E-state index >= 15 is 0 Å². The minimum Gasteiger partial charge on any atom is -0.490 e.